The zero-order valence-electron chi connectivity index (χ0n) is 10.3. The van der Waals surface area contributed by atoms with E-state index in [2.05, 4.69) is 6.58 Å². The molecular formula is C11H20O5. The summed E-state index contributed by atoms with van der Waals surface area (Å²) in [6.07, 6.45) is 0.105. The molecular weight excluding hydrogens is 212 g/mol. The van der Waals surface area contributed by atoms with Crippen LogP contribution in [0.25, 0.3) is 0 Å². The lowest BCUT2D eigenvalue weighted by molar-refractivity contribution is -0.239. The third-order valence-corrected chi connectivity index (χ3v) is 1.77. The van der Waals surface area contributed by atoms with Gasteiger partial charge in [-0.25, -0.2) is 4.79 Å². The Balaban J connectivity index is 3.73. The summed E-state index contributed by atoms with van der Waals surface area (Å²) in [4.78, 5) is 10.8. The van der Waals surface area contributed by atoms with Crippen molar-refractivity contribution in [2.75, 3.05) is 13.7 Å². The van der Waals surface area contributed by atoms with Crippen molar-refractivity contribution in [3.05, 3.63) is 12.7 Å². The van der Waals surface area contributed by atoms with Gasteiger partial charge in [-0.2, -0.15) is 0 Å². The van der Waals surface area contributed by atoms with E-state index in [4.69, 9.17) is 18.9 Å². The van der Waals surface area contributed by atoms with Crippen LogP contribution in [-0.2, 0) is 23.7 Å². The molecule has 0 spiro atoms. The van der Waals surface area contributed by atoms with Gasteiger partial charge in [0, 0.05) is 13.2 Å². The Morgan fingerprint density at radius 1 is 1.25 bits per heavy atom. The van der Waals surface area contributed by atoms with Gasteiger partial charge in [0.2, 0.25) is 0 Å². The van der Waals surface area contributed by atoms with Gasteiger partial charge >= 0.3 is 5.97 Å². The van der Waals surface area contributed by atoms with Crippen molar-refractivity contribution in [2.24, 2.45) is 0 Å². The molecule has 16 heavy (non-hydrogen) atoms. The molecule has 0 radical (unpaired) electrons. The van der Waals surface area contributed by atoms with E-state index in [0.29, 0.717) is 0 Å². The minimum Gasteiger partial charge on any atom is -0.460 e. The first kappa shape index (κ1) is 15.1. The fourth-order valence-electron chi connectivity index (χ4n) is 0.982. The van der Waals surface area contributed by atoms with Gasteiger partial charge in [-0.15, -0.1) is 0 Å². The third kappa shape index (κ3) is 7.39. The van der Waals surface area contributed by atoms with E-state index in [1.54, 1.807) is 27.9 Å². The number of hydrogen-bond donors (Lipinski definition) is 0. The van der Waals surface area contributed by atoms with Gasteiger partial charge in [-0.05, 0) is 20.8 Å². The Labute approximate surface area is 96.3 Å². The summed E-state index contributed by atoms with van der Waals surface area (Å²) in [6.45, 7) is 8.76. The maximum atomic E-state index is 10.8. The van der Waals surface area contributed by atoms with Crippen molar-refractivity contribution < 1.29 is 23.7 Å². The number of esters is 1. The van der Waals surface area contributed by atoms with Gasteiger partial charge in [0.1, 0.15) is 6.61 Å². The molecule has 0 fully saturated rings. The van der Waals surface area contributed by atoms with Crippen molar-refractivity contribution in [2.45, 2.75) is 39.5 Å². The Morgan fingerprint density at radius 2 is 1.88 bits per heavy atom. The first-order valence-electron chi connectivity index (χ1n) is 5.12. The van der Waals surface area contributed by atoms with Crippen LogP contribution in [0.1, 0.15) is 20.8 Å². The van der Waals surface area contributed by atoms with Gasteiger partial charge in [0.15, 0.2) is 12.6 Å². The summed E-state index contributed by atoms with van der Waals surface area (Å²) >= 11 is 0. The highest BCUT2D eigenvalue weighted by molar-refractivity contribution is 5.81. The summed E-state index contributed by atoms with van der Waals surface area (Å²) < 4.78 is 20.4. The fraction of sp³-hybridized carbons (Fsp3) is 0.727. The lowest BCUT2D eigenvalue weighted by atomic mass is 10.4. The molecule has 0 saturated carbocycles. The molecule has 94 valence electrons. The molecule has 0 aliphatic carbocycles. The molecule has 0 amide bonds. The predicted octanol–water partition coefficient (Wildman–Crippen LogP) is 1.48. The SMILES string of the molecule is C=CC(=O)OCC(C)OC(C)OC(C)OC. The highest BCUT2D eigenvalue weighted by Crippen LogP contribution is 2.04. The number of carbonyl (C=O) groups excluding carboxylic acids is 1. The van der Waals surface area contributed by atoms with E-state index in [-0.39, 0.29) is 19.0 Å². The molecule has 0 aromatic heterocycles. The summed E-state index contributed by atoms with van der Waals surface area (Å²) in [7, 11) is 1.55. The Bertz CT molecular complexity index is 216. The van der Waals surface area contributed by atoms with Gasteiger partial charge in [-0.3, -0.25) is 0 Å². The summed E-state index contributed by atoms with van der Waals surface area (Å²) in [5.41, 5.74) is 0. The number of carbonyl (C=O) groups is 1. The van der Waals surface area contributed by atoms with Crippen molar-refractivity contribution in [1.29, 1.82) is 0 Å². The van der Waals surface area contributed by atoms with Crippen LogP contribution in [-0.4, -0.2) is 38.4 Å². The molecule has 0 bridgehead atoms. The zero-order chi connectivity index (χ0) is 12.6. The molecule has 3 unspecified atom stereocenters. The van der Waals surface area contributed by atoms with Gasteiger partial charge in [-0.1, -0.05) is 6.58 Å². The molecule has 3 atom stereocenters. The second-order valence-electron chi connectivity index (χ2n) is 3.29. The standard InChI is InChI=1S/C11H20O5/c1-6-11(12)14-7-8(2)15-10(4)16-9(3)13-5/h6,8-10H,1,7H2,2-5H3. The Kier molecular flexibility index (Phi) is 7.80. The van der Waals surface area contributed by atoms with Crippen LogP contribution in [0.4, 0.5) is 0 Å². The second kappa shape index (κ2) is 8.27. The summed E-state index contributed by atoms with van der Waals surface area (Å²) in [5.74, 6) is -0.464. The van der Waals surface area contributed by atoms with Gasteiger partial charge < -0.3 is 18.9 Å². The number of methoxy groups -OCH3 is 1. The zero-order valence-corrected chi connectivity index (χ0v) is 10.3. The van der Waals surface area contributed by atoms with Crippen LogP contribution < -0.4 is 0 Å². The van der Waals surface area contributed by atoms with Gasteiger partial charge in [0.05, 0.1) is 6.10 Å². The van der Waals surface area contributed by atoms with Crippen LogP contribution in [0.15, 0.2) is 12.7 Å². The van der Waals surface area contributed by atoms with Gasteiger partial charge in [0.25, 0.3) is 0 Å². The lowest BCUT2D eigenvalue weighted by Gasteiger charge is -2.21. The second-order valence-corrected chi connectivity index (χ2v) is 3.29. The Hall–Kier alpha value is -0.910. The van der Waals surface area contributed by atoms with Crippen molar-refractivity contribution in [1.82, 2.24) is 0 Å². The van der Waals surface area contributed by atoms with Crippen molar-refractivity contribution in [3.8, 4) is 0 Å². The van der Waals surface area contributed by atoms with Crippen LogP contribution in [0.2, 0.25) is 0 Å². The van der Waals surface area contributed by atoms with E-state index >= 15 is 0 Å². The maximum absolute atomic E-state index is 10.8. The third-order valence-electron chi connectivity index (χ3n) is 1.77. The molecule has 0 heterocycles. The van der Waals surface area contributed by atoms with E-state index < -0.39 is 12.3 Å². The smallest absolute Gasteiger partial charge is 0.330 e. The first-order valence-corrected chi connectivity index (χ1v) is 5.12. The van der Waals surface area contributed by atoms with Crippen LogP contribution >= 0.6 is 0 Å². The first-order chi connectivity index (χ1) is 7.49. The number of rotatable bonds is 8. The molecule has 0 aromatic carbocycles. The minimum atomic E-state index is -0.464. The monoisotopic (exact) mass is 232 g/mol. The van der Waals surface area contributed by atoms with E-state index in [9.17, 15) is 4.79 Å². The fourth-order valence-corrected chi connectivity index (χ4v) is 0.982. The highest BCUT2D eigenvalue weighted by atomic mass is 16.8. The van der Waals surface area contributed by atoms with Crippen molar-refractivity contribution in [3.63, 3.8) is 0 Å². The maximum Gasteiger partial charge on any atom is 0.330 e. The largest absolute Gasteiger partial charge is 0.460 e. The molecule has 5 heteroatoms. The molecule has 0 aliphatic rings. The quantitative estimate of drug-likeness (QED) is 0.360. The molecule has 0 N–H and O–H groups in total. The van der Waals surface area contributed by atoms with E-state index in [1.807, 2.05) is 0 Å². The van der Waals surface area contributed by atoms with E-state index in [1.165, 1.54) is 0 Å². The molecule has 0 saturated heterocycles. The van der Waals surface area contributed by atoms with Crippen molar-refractivity contribution >= 4 is 5.97 Å². The molecule has 0 aliphatic heterocycles. The lowest BCUT2D eigenvalue weighted by Crippen LogP contribution is -2.28. The topological polar surface area (TPSA) is 54.0 Å². The van der Waals surface area contributed by atoms with Crippen LogP contribution in [0, 0.1) is 0 Å². The number of ether oxygens (including phenoxy) is 4. The summed E-state index contributed by atoms with van der Waals surface area (Å²) in [5, 5.41) is 0. The predicted molar refractivity (Wildman–Crippen MR) is 58.7 cm³/mol. The van der Waals surface area contributed by atoms with Crippen LogP contribution in [0.5, 0.6) is 0 Å². The molecule has 0 aromatic rings. The highest BCUT2D eigenvalue weighted by Gasteiger charge is 2.13. The average Bonchev–Trinajstić information content (AvgIpc) is 2.25. The molecule has 5 nitrogen and oxygen atoms in total. The Morgan fingerprint density at radius 3 is 2.38 bits per heavy atom. The normalized spacial score (nSPS) is 16.2. The van der Waals surface area contributed by atoms with Crippen LogP contribution in [0.3, 0.4) is 0 Å². The summed E-state index contributed by atoms with van der Waals surface area (Å²) in [6, 6.07) is 0. The number of hydrogen-bond acceptors (Lipinski definition) is 5. The minimum absolute atomic E-state index is 0.167. The van der Waals surface area contributed by atoms with E-state index in [0.717, 1.165) is 6.08 Å². The average molecular weight is 232 g/mol. The molecule has 0 rings (SSSR count).